The van der Waals surface area contributed by atoms with Crippen LogP contribution in [0.15, 0.2) is 12.1 Å². The molecule has 0 spiro atoms. The maximum Gasteiger partial charge on any atom is 0.315 e. The first-order chi connectivity index (χ1) is 9.88. The van der Waals surface area contributed by atoms with Crippen LogP contribution in [0.1, 0.15) is 10.4 Å². The Labute approximate surface area is 145 Å². The zero-order valence-corrected chi connectivity index (χ0v) is 14.1. The monoisotopic (exact) mass is 367 g/mol. The summed E-state index contributed by atoms with van der Waals surface area (Å²) in [6.45, 7) is 3.33. The summed E-state index contributed by atoms with van der Waals surface area (Å²) in [7, 11) is 2.00. The summed E-state index contributed by atoms with van der Waals surface area (Å²) in [5.74, 6) is -1.81. The number of aromatic hydroxyl groups is 2. The number of carbonyl (C=O) groups excluding carboxylic acids is 1. The van der Waals surface area contributed by atoms with Gasteiger partial charge in [-0.25, -0.2) is 0 Å². The molecule has 0 aromatic heterocycles. The van der Waals surface area contributed by atoms with Gasteiger partial charge in [0.25, 0.3) is 0 Å². The van der Waals surface area contributed by atoms with Gasteiger partial charge in [-0.2, -0.15) is 0 Å². The smallest absolute Gasteiger partial charge is 0.315 e. The van der Waals surface area contributed by atoms with Gasteiger partial charge in [-0.05, 0) is 13.1 Å². The zero-order chi connectivity index (χ0) is 15.6. The standard InChI is InChI=1S/C13H17N3O5.2ClH/c1-14-2-4-15(5-3-14)8-12(18)9-6-10(16(20)21)13(19)11(17)7-9;;/h6-7,17,19H,2-5,8H2,1H3;2*1H. The molecule has 8 nitrogen and oxygen atoms in total. The third-order valence-electron chi connectivity index (χ3n) is 3.55. The Morgan fingerprint density at radius 3 is 2.30 bits per heavy atom. The number of halogens is 2. The van der Waals surface area contributed by atoms with Crippen molar-refractivity contribution in [2.75, 3.05) is 39.8 Å². The van der Waals surface area contributed by atoms with E-state index in [-0.39, 0.29) is 42.7 Å². The predicted molar refractivity (Wildman–Crippen MR) is 89.2 cm³/mol. The third kappa shape index (κ3) is 5.21. The summed E-state index contributed by atoms with van der Waals surface area (Å²) in [5.41, 5.74) is -0.646. The van der Waals surface area contributed by atoms with Gasteiger partial charge in [0.1, 0.15) is 0 Å². The van der Waals surface area contributed by atoms with Crippen molar-refractivity contribution < 1.29 is 19.9 Å². The van der Waals surface area contributed by atoms with E-state index in [0.29, 0.717) is 0 Å². The number of benzene rings is 1. The Balaban J connectivity index is 0.00000242. The molecular weight excluding hydrogens is 349 g/mol. The fraction of sp³-hybridized carbons (Fsp3) is 0.462. The van der Waals surface area contributed by atoms with E-state index >= 15 is 0 Å². The normalized spacial score (nSPS) is 15.3. The number of Topliss-reactive ketones (excluding diaryl/α,β-unsaturated/α-hetero) is 1. The molecule has 0 atom stereocenters. The number of phenolic OH excluding ortho intramolecular Hbond substituents is 2. The highest BCUT2D eigenvalue weighted by atomic mass is 35.5. The maximum absolute atomic E-state index is 12.2. The number of nitro benzene ring substituents is 1. The van der Waals surface area contributed by atoms with E-state index in [9.17, 15) is 25.1 Å². The maximum atomic E-state index is 12.2. The quantitative estimate of drug-likeness (QED) is 0.357. The minimum atomic E-state index is -0.832. The molecule has 1 saturated heterocycles. The molecule has 1 aromatic rings. The lowest BCUT2D eigenvalue weighted by atomic mass is 10.1. The lowest BCUT2D eigenvalue weighted by molar-refractivity contribution is -0.386. The molecule has 1 aliphatic heterocycles. The number of hydrogen-bond donors (Lipinski definition) is 2. The van der Waals surface area contributed by atoms with Crippen LogP contribution in [0.5, 0.6) is 11.5 Å². The number of likely N-dealkylation sites (N-methyl/N-ethyl adjacent to an activating group) is 1. The topological polar surface area (TPSA) is 107 Å². The second kappa shape index (κ2) is 8.88. The number of piperazine rings is 1. The molecule has 0 aliphatic carbocycles. The Bertz CT molecular complexity index is 577. The molecule has 23 heavy (non-hydrogen) atoms. The average molecular weight is 368 g/mol. The Hall–Kier alpha value is -1.61. The Kier molecular flexibility index (Phi) is 8.25. The number of phenols is 2. The Morgan fingerprint density at radius 2 is 1.78 bits per heavy atom. The summed E-state index contributed by atoms with van der Waals surface area (Å²) in [5, 5.41) is 29.7. The highest BCUT2D eigenvalue weighted by Gasteiger charge is 2.23. The van der Waals surface area contributed by atoms with Crippen LogP contribution < -0.4 is 0 Å². The van der Waals surface area contributed by atoms with Crippen molar-refractivity contribution in [1.82, 2.24) is 9.80 Å². The molecule has 1 aliphatic rings. The van der Waals surface area contributed by atoms with Crippen LogP contribution in [0.2, 0.25) is 0 Å². The first-order valence-electron chi connectivity index (χ1n) is 6.53. The van der Waals surface area contributed by atoms with Crippen LogP contribution in [0.4, 0.5) is 5.69 Å². The first kappa shape index (κ1) is 21.4. The van der Waals surface area contributed by atoms with Gasteiger partial charge in [0.15, 0.2) is 11.5 Å². The molecule has 1 heterocycles. The van der Waals surface area contributed by atoms with Gasteiger partial charge in [-0.3, -0.25) is 19.8 Å². The Morgan fingerprint density at radius 1 is 1.22 bits per heavy atom. The van der Waals surface area contributed by atoms with Gasteiger partial charge in [-0.1, -0.05) is 0 Å². The van der Waals surface area contributed by atoms with Crippen molar-refractivity contribution in [2.45, 2.75) is 0 Å². The SMILES string of the molecule is CN1CCN(CC(=O)c2cc(O)c(O)c([N+](=O)[O-])c2)CC1.Cl.Cl. The van der Waals surface area contributed by atoms with Crippen molar-refractivity contribution in [2.24, 2.45) is 0 Å². The number of carbonyl (C=O) groups is 1. The van der Waals surface area contributed by atoms with Gasteiger partial charge in [0, 0.05) is 37.8 Å². The van der Waals surface area contributed by atoms with E-state index in [2.05, 4.69) is 4.90 Å². The van der Waals surface area contributed by atoms with Crippen LogP contribution >= 0.6 is 24.8 Å². The van der Waals surface area contributed by atoms with Crippen molar-refractivity contribution in [3.05, 3.63) is 27.8 Å². The number of nitro groups is 1. The van der Waals surface area contributed by atoms with Gasteiger partial charge in [0.05, 0.1) is 11.5 Å². The van der Waals surface area contributed by atoms with Crippen LogP contribution in [-0.4, -0.2) is 70.5 Å². The largest absolute Gasteiger partial charge is 0.504 e. The predicted octanol–water partition coefficient (Wildman–Crippen LogP) is 1.28. The molecule has 0 unspecified atom stereocenters. The van der Waals surface area contributed by atoms with Gasteiger partial charge in [-0.15, -0.1) is 24.8 Å². The summed E-state index contributed by atoms with van der Waals surface area (Å²) in [4.78, 5) is 26.2. The van der Waals surface area contributed by atoms with Gasteiger partial charge < -0.3 is 15.1 Å². The first-order valence-corrected chi connectivity index (χ1v) is 6.53. The number of hydrogen-bond acceptors (Lipinski definition) is 7. The summed E-state index contributed by atoms with van der Waals surface area (Å²) in [6, 6.07) is 2.05. The molecule has 0 saturated carbocycles. The highest BCUT2D eigenvalue weighted by molar-refractivity contribution is 5.99. The molecule has 130 valence electrons. The lowest BCUT2D eigenvalue weighted by Gasteiger charge is -2.31. The average Bonchev–Trinajstić information content (AvgIpc) is 2.43. The molecule has 1 fully saturated rings. The molecular formula is C13H19Cl2N3O5. The fourth-order valence-electron chi connectivity index (χ4n) is 2.20. The zero-order valence-electron chi connectivity index (χ0n) is 12.5. The highest BCUT2D eigenvalue weighted by Crippen LogP contribution is 2.36. The van der Waals surface area contributed by atoms with Crippen LogP contribution in [0.25, 0.3) is 0 Å². The van der Waals surface area contributed by atoms with E-state index in [1.54, 1.807) is 0 Å². The molecule has 0 amide bonds. The van der Waals surface area contributed by atoms with E-state index < -0.39 is 22.1 Å². The second-order valence-corrected chi connectivity index (χ2v) is 5.12. The fourth-order valence-corrected chi connectivity index (χ4v) is 2.20. The second-order valence-electron chi connectivity index (χ2n) is 5.12. The molecule has 0 bridgehead atoms. The van der Waals surface area contributed by atoms with E-state index in [4.69, 9.17) is 0 Å². The number of ketones is 1. The number of rotatable bonds is 4. The van der Waals surface area contributed by atoms with Crippen LogP contribution in [-0.2, 0) is 0 Å². The lowest BCUT2D eigenvalue weighted by Crippen LogP contribution is -2.46. The molecule has 1 aromatic carbocycles. The molecule has 2 N–H and O–H groups in total. The van der Waals surface area contributed by atoms with E-state index in [1.807, 2.05) is 11.9 Å². The molecule has 2 rings (SSSR count). The van der Waals surface area contributed by atoms with E-state index in [1.165, 1.54) is 0 Å². The molecule has 0 radical (unpaired) electrons. The minimum Gasteiger partial charge on any atom is -0.504 e. The molecule has 10 heteroatoms. The summed E-state index contributed by atoms with van der Waals surface area (Å²) < 4.78 is 0. The van der Waals surface area contributed by atoms with Gasteiger partial charge in [0.2, 0.25) is 5.75 Å². The van der Waals surface area contributed by atoms with Crippen molar-refractivity contribution in [3.8, 4) is 11.5 Å². The van der Waals surface area contributed by atoms with Crippen molar-refractivity contribution in [3.63, 3.8) is 0 Å². The van der Waals surface area contributed by atoms with E-state index in [0.717, 1.165) is 38.3 Å². The van der Waals surface area contributed by atoms with Crippen LogP contribution in [0, 0.1) is 10.1 Å². The van der Waals surface area contributed by atoms with Crippen molar-refractivity contribution in [1.29, 1.82) is 0 Å². The third-order valence-corrected chi connectivity index (χ3v) is 3.55. The summed E-state index contributed by atoms with van der Waals surface area (Å²) >= 11 is 0. The van der Waals surface area contributed by atoms with Crippen LogP contribution in [0.3, 0.4) is 0 Å². The number of nitrogens with zero attached hydrogens (tertiary/aromatic N) is 3. The van der Waals surface area contributed by atoms with Gasteiger partial charge >= 0.3 is 5.69 Å². The summed E-state index contributed by atoms with van der Waals surface area (Å²) in [6.07, 6.45) is 0. The van der Waals surface area contributed by atoms with Crippen molar-refractivity contribution >= 4 is 36.3 Å². The minimum absolute atomic E-state index is 0.